The summed E-state index contributed by atoms with van der Waals surface area (Å²) in [6.45, 7) is 3.77. The maximum Gasteiger partial charge on any atom is 0.321 e. The number of amides is 3. The molecule has 2 N–H and O–H groups in total. The standard InChI is InChI=1S/C20H22N2O5S/c1-12-11-15(13(2)28-12)16(23)9-10-17(24)27-18(14-7-5-4-6-8-14)19(25)22-20(26)21-3/h4-8,11,18H,9-10H2,1-3H3,(H2,21,22,25,26)/t18-/m1/s1. The molecule has 0 aliphatic carbocycles. The SMILES string of the molecule is CNC(=O)NC(=O)[C@H](OC(=O)CCC(=O)c1cc(C)sc1C)c1ccccc1. The molecule has 1 aromatic heterocycles. The third kappa shape index (κ3) is 5.75. The number of hydrogen-bond acceptors (Lipinski definition) is 6. The van der Waals surface area contributed by atoms with E-state index < -0.39 is 24.0 Å². The van der Waals surface area contributed by atoms with Gasteiger partial charge in [0.2, 0.25) is 6.10 Å². The van der Waals surface area contributed by atoms with Crippen molar-refractivity contribution in [2.24, 2.45) is 0 Å². The maximum absolute atomic E-state index is 12.3. The Labute approximate surface area is 167 Å². The summed E-state index contributed by atoms with van der Waals surface area (Å²) in [7, 11) is 1.37. The Bertz CT molecular complexity index is 876. The van der Waals surface area contributed by atoms with E-state index in [4.69, 9.17) is 4.74 Å². The lowest BCUT2D eigenvalue weighted by Crippen LogP contribution is -2.41. The molecule has 1 atom stereocenters. The molecule has 0 aliphatic rings. The molecule has 3 amide bonds. The van der Waals surface area contributed by atoms with Crippen molar-refractivity contribution in [3.63, 3.8) is 0 Å². The van der Waals surface area contributed by atoms with Crippen LogP contribution >= 0.6 is 11.3 Å². The summed E-state index contributed by atoms with van der Waals surface area (Å²) < 4.78 is 5.28. The van der Waals surface area contributed by atoms with Gasteiger partial charge in [-0.3, -0.25) is 19.7 Å². The van der Waals surface area contributed by atoms with E-state index in [-0.39, 0.29) is 18.6 Å². The molecule has 7 nitrogen and oxygen atoms in total. The van der Waals surface area contributed by atoms with Crippen LogP contribution in [-0.4, -0.2) is 30.7 Å². The highest BCUT2D eigenvalue weighted by atomic mass is 32.1. The number of Topliss-reactive ketones (excluding diaryl/α,β-unsaturated/α-hetero) is 1. The number of thiophene rings is 1. The molecular formula is C20H22N2O5S. The Morgan fingerprint density at radius 2 is 1.75 bits per heavy atom. The number of benzene rings is 1. The molecule has 2 rings (SSSR count). The number of esters is 1. The van der Waals surface area contributed by atoms with Crippen molar-refractivity contribution in [3.05, 3.63) is 57.3 Å². The molecule has 1 heterocycles. The fraction of sp³-hybridized carbons (Fsp3) is 0.300. The van der Waals surface area contributed by atoms with Crippen LogP contribution < -0.4 is 10.6 Å². The van der Waals surface area contributed by atoms with E-state index in [2.05, 4.69) is 10.6 Å². The van der Waals surface area contributed by atoms with Gasteiger partial charge in [-0.15, -0.1) is 11.3 Å². The monoisotopic (exact) mass is 402 g/mol. The third-order valence-electron chi connectivity index (χ3n) is 3.95. The predicted octanol–water partition coefficient (Wildman–Crippen LogP) is 3.07. The van der Waals surface area contributed by atoms with Crippen LogP contribution in [0.4, 0.5) is 4.79 Å². The third-order valence-corrected chi connectivity index (χ3v) is 4.92. The first-order valence-corrected chi connectivity index (χ1v) is 9.50. The summed E-state index contributed by atoms with van der Waals surface area (Å²) >= 11 is 1.52. The Balaban J connectivity index is 2.03. The zero-order chi connectivity index (χ0) is 20.7. The summed E-state index contributed by atoms with van der Waals surface area (Å²) in [5.41, 5.74) is 1.03. The Morgan fingerprint density at radius 3 is 2.32 bits per heavy atom. The summed E-state index contributed by atoms with van der Waals surface area (Å²) in [5.74, 6) is -1.61. The molecule has 0 unspecified atom stereocenters. The molecule has 0 spiro atoms. The number of urea groups is 1. The first-order valence-electron chi connectivity index (χ1n) is 8.69. The number of nitrogens with one attached hydrogen (secondary N) is 2. The number of ketones is 1. The molecule has 2 aromatic rings. The van der Waals surface area contributed by atoms with Gasteiger partial charge in [0.25, 0.3) is 5.91 Å². The molecular weight excluding hydrogens is 380 g/mol. The predicted molar refractivity (Wildman–Crippen MR) is 105 cm³/mol. The van der Waals surface area contributed by atoms with E-state index in [1.165, 1.54) is 18.4 Å². The van der Waals surface area contributed by atoms with Crippen LogP contribution in [-0.2, 0) is 14.3 Å². The number of imide groups is 1. The fourth-order valence-electron chi connectivity index (χ4n) is 2.59. The van der Waals surface area contributed by atoms with Gasteiger partial charge in [0.05, 0.1) is 6.42 Å². The average molecular weight is 402 g/mol. The molecule has 0 aliphatic heterocycles. The summed E-state index contributed by atoms with van der Waals surface area (Å²) in [6.07, 6.45) is -1.47. The molecule has 1 aromatic carbocycles. The highest BCUT2D eigenvalue weighted by Crippen LogP contribution is 2.23. The number of aryl methyl sites for hydroxylation is 2. The first-order chi connectivity index (χ1) is 13.3. The lowest BCUT2D eigenvalue weighted by molar-refractivity contribution is -0.156. The van der Waals surface area contributed by atoms with E-state index in [1.54, 1.807) is 36.4 Å². The molecule has 0 bridgehead atoms. The number of carbonyl (C=O) groups is 4. The molecule has 0 saturated heterocycles. The number of carbonyl (C=O) groups excluding carboxylic acids is 4. The molecule has 8 heteroatoms. The van der Waals surface area contributed by atoms with Crippen molar-refractivity contribution in [2.75, 3.05) is 7.05 Å². The molecule has 0 radical (unpaired) electrons. The lowest BCUT2D eigenvalue weighted by atomic mass is 10.1. The summed E-state index contributed by atoms with van der Waals surface area (Å²) in [4.78, 5) is 50.3. The minimum atomic E-state index is -1.29. The largest absolute Gasteiger partial charge is 0.447 e. The zero-order valence-electron chi connectivity index (χ0n) is 15.9. The van der Waals surface area contributed by atoms with Gasteiger partial charge in [-0.2, -0.15) is 0 Å². The van der Waals surface area contributed by atoms with Crippen molar-refractivity contribution >= 4 is 35.0 Å². The van der Waals surface area contributed by atoms with Gasteiger partial charge < -0.3 is 10.1 Å². The van der Waals surface area contributed by atoms with Crippen molar-refractivity contribution in [1.82, 2.24) is 10.6 Å². The van der Waals surface area contributed by atoms with E-state index >= 15 is 0 Å². The van der Waals surface area contributed by atoms with Gasteiger partial charge >= 0.3 is 12.0 Å². The van der Waals surface area contributed by atoms with Gasteiger partial charge in [0.15, 0.2) is 5.78 Å². The minimum absolute atomic E-state index is 0.0194. The van der Waals surface area contributed by atoms with Crippen molar-refractivity contribution in [3.8, 4) is 0 Å². The van der Waals surface area contributed by atoms with Gasteiger partial charge in [-0.25, -0.2) is 4.79 Å². The highest BCUT2D eigenvalue weighted by Gasteiger charge is 2.26. The quantitative estimate of drug-likeness (QED) is 0.547. The number of hydrogen-bond donors (Lipinski definition) is 2. The Hall–Kier alpha value is -3.00. The summed E-state index contributed by atoms with van der Waals surface area (Å²) in [6, 6.07) is 9.46. The smallest absolute Gasteiger partial charge is 0.321 e. The van der Waals surface area contributed by atoms with Crippen molar-refractivity contribution in [1.29, 1.82) is 0 Å². The number of ether oxygens (including phenoxy) is 1. The lowest BCUT2D eigenvalue weighted by Gasteiger charge is -2.17. The van der Waals surface area contributed by atoms with Crippen LogP contribution in [0.25, 0.3) is 0 Å². The highest BCUT2D eigenvalue weighted by molar-refractivity contribution is 7.12. The van der Waals surface area contributed by atoms with Crippen LogP contribution in [0.2, 0.25) is 0 Å². The topological polar surface area (TPSA) is 102 Å². The van der Waals surface area contributed by atoms with Crippen LogP contribution in [0, 0.1) is 13.8 Å². The molecule has 28 heavy (non-hydrogen) atoms. The van der Waals surface area contributed by atoms with E-state index in [0.717, 1.165) is 9.75 Å². The van der Waals surface area contributed by atoms with E-state index in [1.807, 2.05) is 13.8 Å². The van der Waals surface area contributed by atoms with Crippen LogP contribution in [0.5, 0.6) is 0 Å². The zero-order valence-corrected chi connectivity index (χ0v) is 16.7. The van der Waals surface area contributed by atoms with E-state index in [0.29, 0.717) is 11.1 Å². The van der Waals surface area contributed by atoms with Crippen LogP contribution in [0.3, 0.4) is 0 Å². The molecule has 148 valence electrons. The second-order valence-corrected chi connectivity index (χ2v) is 7.56. The van der Waals surface area contributed by atoms with Crippen molar-refractivity contribution < 1.29 is 23.9 Å². The van der Waals surface area contributed by atoms with Gasteiger partial charge in [0.1, 0.15) is 0 Å². The van der Waals surface area contributed by atoms with Crippen LogP contribution in [0.1, 0.15) is 44.6 Å². The van der Waals surface area contributed by atoms with Crippen molar-refractivity contribution in [2.45, 2.75) is 32.8 Å². The van der Waals surface area contributed by atoms with E-state index in [9.17, 15) is 19.2 Å². The fourth-order valence-corrected chi connectivity index (χ4v) is 3.53. The Kier molecular flexibility index (Phi) is 7.45. The number of rotatable bonds is 7. The Morgan fingerprint density at radius 1 is 1.07 bits per heavy atom. The normalized spacial score (nSPS) is 11.4. The molecule has 0 fully saturated rings. The molecule has 0 saturated carbocycles. The minimum Gasteiger partial charge on any atom is -0.447 e. The van der Waals surface area contributed by atoms with Gasteiger partial charge in [-0.05, 0) is 19.9 Å². The van der Waals surface area contributed by atoms with Gasteiger partial charge in [-0.1, -0.05) is 30.3 Å². The maximum atomic E-state index is 12.3. The second kappa shape index (κ2) is 9.80. The van der Waals surface area contributed by atoms with Gasteiger partial charge in [0, 0.05) is 34.3 Å². The first kappa shape index (κ1) is 21.3. The second-order valence-electron chi connectivity index (χ2n) is 6.10. The summed E-state index contributed by atoms with van der Waals surface area (Å²) in [5, 5.41) is 4.37. The van der Waals surface area contributed by atoms with Crippen LogP contribution in [0.15, 0.2) is 36.4 Å². The average Bonchev–Trinajstić information content (AvgIpc) is 3.02.